The van der Waals surface area contributed by atoms with Crippen molar-refractivity contribution >= 4 is 5.69 Å². The Bertz CT molecular complexity index is 960. The fourth-order valence-corrected chi connectivity index (χ4v) is 3.06. The first-order valence-corrected chi connectivity index (χ1v) is 7.95. The number of rotatable bonds is 3. The van der Waals surface area contributed by atoms with Gasteiger partial charge in [-0.1, -0.05) is 12.1 Å². The molecule has 0 unspecified atom stereocenters. The van der Waals surface area contributed by atoms with Crippen LogP contribution in [0.3, 0.4) is 0 Å². The molecule has 1 aliphatic carbocycles. The number of aromatic nitrogens is 3. The Morgan fingerprint density at radius 1 is 1.17 bits per heavy atom. The molecule has 24 heavy (non-hydrogen) atoms. The highest BCUT2D eigenvalue weighted by atomic mass is 15.2. The van der Waals surface area contributed by atoms with Gasteiger partial charge in [-0.05, 0) is 59.7 Å². The molecule has 4 rings (SSSR count). The Hall–Kier alpha value is -3.13. The van der Waals surface area contributed by atoms with E-state index in [0.29, 0.717) is 11.5 Å². The van der Waals surface area contributed by atoms with Crippen molar-refractivity contribution < 1.29 is 0 Å². The van der Waals surface area contributed by atoms with Crippen LogP contribution in [0.25, 0.3) is 22.5 Å². The zero-order valence-corrected chi connectivity index (χ0v) is 13.4. The number of hydrogen-bond acceptors (Lipinski definition) is 4. The lowest BCUT2D eigenvalue weighted by Crippen LogP contribution is -1.96. The summed E-state index contributed by atoms with van der Waals surface area (Å²) in [5.74, 6) is 1.36. The molecule has 118 valence electrons. The van der Waals surface area contributed by atoms with Crippen LogP contribution < -0.4 is 5.73 Å². The largest absolute Gasteiger partial charge is 0.399 e. The van der Waals surface area contributed by atoms with Crippen LogP contribution in [0, 0.1) is 11.3 Å². The van der Waals surface area contributed by atoms with Gasteiger partial charge in [-0.15, -0.1) is 10.2 Å². The van der Waals surface area contributed by atoms with Gasteiger partial charge in [-0.2, -0.15) is 5.26 Å². The maximum Gasteiger partial charge on any atom is 0.164 e. The molecule has 0 saturated heterocycles. The highest BCUT2D eigenvalue weighted by Crippen LogP contribution is 2.43. The van der Waals surface area contributed by atoms with E-state index in [9.17, 15) is 5.26 Å². The maximum atomic E-state index is 9.25. The molecular formula is C19H17N5. The Morgan fingerprint density at radius 3 is 2.67 bits per heavy atom. The van der Waals surface area contributed by atoms with Crippen LogP contribution in [0.5, 0.6) is 0 Å². The number of nitrogens with two attached hydrogens (primary N) is 1. The van der Waals surface area contributed by atoms with Crippen molar-refractivity contribution in [2.75, 3.05) is 5.73 Å². The molecule has 0 bridgehead atoms. The first-order chi connectivity index (χ1) is 11.7. The molecule has 5 nitrogen and oxygen atoms in total. The Labute approximate surface area is 140 Å². The summed E-state index contributed by atoms with van der Waals surface area (Å²) < 4.78 is 1.86. The lowest BCUT2D eigenvalue weighted by molar-refractivity contribution is 0.920. The third-order valence-electron chi connectivity index (χ3n) is 4.44. The summed E-state index contributed by atoms with van der Waals surface area (Å²) >= 11 is 0. The number of nitrogens with zero attached hydrogens (tertiary/aromatic N) is 4. The topological polar surface area (TPSA) is 80.5 Å². The predicted molar refractivity (Wildman–Crippen MR) is 93.0 cm³/mol. The highest BCUT2D eigenvalue weighted by Gasteiger charge is 2.24. The zero-order valence-electron chi connectivity index (χ0n) is 13.4. The van der Waals surface area contributed by atoms with Gasteiger partial charge >= 0.3 is 0 Å². The van der Waals surface area contributed by atoms with Gasteiger partial charge in [0.05, 0.1) is 11.6 Å². The third-order valence-corrected chi connectivity index (χ3v) is 4.44. The van der Waals surface area contributed by atoms with Gasteiger partial charge in [-0.3, -0.25) is 0 Å². The van der Waals surface area contributed by atoms with E-state index in [0.717, 1.165) is 28.2 Å². The third kappa shape index (κ3) is 2.52. The number of hydrogen-bond donors (Lipinski definition) is 1. The molecule has 1 aromatic heterocycles. The van der Waals surface area contributed by atoms with Crippen LogP contribution in [0.2, 0.25) is 0 Å². The van der Waals surface area contributed by atoms with Crippen LogP contribution >= 0.6 is 0 Å². The van der Waals surface area contributed by atoms with E-state index in [1.165, 1.54) is 18.4 Å². The van der Waals surface area contributed by atoms with Crippen molar-refractivity contribution in [3.05, 3.63) is 53.9 Å². The average molecular weight is 315 g/mol. The first-order valence-electron chi connectivity index (χ1n) is 7.95. The Balaban J connectivity index is 1.92. The minimum Gasteiger partial charge on any atom is -0.399 e. The SMILES string of the molecule is Cn1cnnc1-c1cc(C#N)ccc1-c1cc(N)cc(C2CC2)c1. The molecule has 0 spiro atoms. The van der Waals surface area contributed by atoms with E-state index in [1.807, 2.05) is 35.9 Å². The summed E-state index contributed by atoms with van der Waals surface area (Å²) in [6.07, 6.45) is 4.12. The number of nitrogen functional groups attached to an aromatic ring is 1. The van der Waals surface area contributed by atoms with Crippen molar-refractivity contribution in [2.24, 2.45) is 7.05 Å². The number of anilines is 1. The summed E-state index contributed by atoms with van der Waals surface area (Å²) in [5, 5.41) is 17.4. The minimum atomic E-state index is 0.600. The van der Waals surface area contributed by atoms with Crippen molar-refractivity contribution in [3.8, 4) is 28.6 Å². The van der Waals surface area contributed by atoms with Crippen LogP contribution in [0.4, 0.5) is 5.69 Å². The lowest BCUT2D eigenvalue weighted by Gasteiger charge is -2.12. The Morgan fingerprint density at radius 2 is 2.00 bits per heavy atom. The van der Waals surface area contributed by atoms with E-state index in [4.69, 9.17) is 5.73 Å². The molecule has 5 heteroatoms. The van der Waals surface area contributed by atoms with Gasteiger partial charge in [0.25, 0.3) is 0 Å². The summed E-state index contributed by atoms with van der Waals surface area (Å²) in [7, 11) is 1.90. The fourth-order valence-electron chi connectivity index (χ4n) is 3.06. The van der Waals surface area contributed by atoms with Gasteiger partial charge < -0.3 is 10.3 Å². The second kappa shape index (κ2) is 5.50. The molecule has 1 fully saturated rings. The van der Waals surface area contributed by atoms with Crippen LogP contribution in [-0.4, -0.2) is 14.8 Å². The second-order valence-corrected chi connectivity index (χ2v) is 6.30. The van der Waals surface area contributed by atoms with Gasteiger partial charge in [0, 0.05) is 18.3 Å². The second-order valence-electron chi connectivity index (χ2n) is 6.30. The monoisotopic (exact) mass is 315 g/mol. The van der Waals surface area contributed by atoms with Crippen molar-refractivity contribution in [1.82, 2.24) is 14.8 Å². The standard InChI is InChI=1S/C19H17N5/c1-24-11-22-23-19(24)18-6-12(10-20)2-5-17(18)15-7-14(13-3-4-13)8-16(21)9-15/h2,5-9,11,13H,3-4,21H2,1H3. The lowest BCUT2D eigenvalue weighted by atomic mass is 9.94. The fraction of sp³-hybridized carbons (Fsp3) is 0.211. The molecule has 1 saturated carbocycles. The van der Waals surface area contributed by atoms with Crippen LogP contribution in [0.1, 0.15) is 29.9 Å². The summed E-state index contributed by atoms with van der Waals surface area (Å²) in [6, 6.07) is 14.1. The van der Waals surface area contributed by atoms with Crippen LogP contribution in [-0.2, 0) is 7.05 Å². The normalized spacial score (nSPS) is 13.7. The molecule has 1 aliphatic rings. The van der Waals surface area contributed by atoms with Crippen LogP contribution in [0.15, 0.2) is 42.7 Å². The predicted octanol–water partition coefficient (Wildman–Crippen LogP) is 3.48. The average Bonchev–Trinajstić information content (AvgIpc) is 3.35. The van der Waals surface area contributed by atoms with Crippen molar-refractivity contribution in [2.45, 2.75) is 18.8 Å². The Kier molecular flexibility index (Phi) is 3.31. The molecule has 0 amide bonds. The molecule has 0 aliphatic heterocycles. The summed E-state index contributed by atoms with van der Waals surface area (Å²) in [4.78, 5) is 0. The molecular weight excluding hydrogens is 298 g/mol. The molecule has 1 heterocycles. The van der Waals surface area contributed by atoms with Gasteiger partial charge in [-0.25, -0.2) is 0 Å². The molecule has 0 atom stereocenters. The number of nitriles is 1. The summed E-state index contributed by atoms with van der Waals surface area (Å²) in [5.41, 5.74) is 11.7. The molecule has 3 aromatic rings. The first kappa shape index (κ1) is 14.5. The maximum absolute atomic E-state index is 9.25. The minimum absolute atomic E-state index is 0.600. The van der Waals surface area contributed by atoms with Gasteiger partial charge in [0.2, 0.25) is 0 Å². The number of benzene rings is 2. The van der Waals surface area contributed by atoms with E-state index in [2.05, 4.69) is 28.4 Å². The highest BCUT2D eigenvalue weighted by molar-refractivity contribution is 5.83. The smallest absolute Gasteiger partial charge is 0.164 e. The van der Waals surface area contributed by atoms with Gasteiger partial charge in [0.15, 0.2) is 5.82 Å². The van der Waals surface area contributed by atoms with Crippen molar-refractivity contribution in [1.29, 1.82) is 5.26 Å². The molecule has 2 N–H and O–H groups in total. The zero-order chi connectivity index (χ0) is 16.7. The van der Waals surface area contributed by atoms with E-state index in [1.54, 1.807) is 6.33 Å². The summed E-state index contributed by atoms with van der Waals surface area (Å²) in [6.45, 7) is 0. The van der Waals surface area contributed by atoms with Crippen molar-refractivity contribution in [3.63, 3.8) is 0 Å². The van der Waals surface area contributed by atoms with E-state index in [-0.39, 0.29) is 0 Å². The quantitative estimate of drug-likeness (QED) is 0.750. The molecule has 0 radical (unpaired) electrons. The molecule has 2 aromatic carbocycles. The van der Waals surface area contributed by atoms with E-state index >= 15 is 0 Å². The van der Waals surface area contributed by atoms with Gasteiger partial charge in [0.1, 0.15) is 6.33 Å². The van der Waals surface area contributed by atoms with E-state index < -0.39 is 0 Å². The number of aryl methyl sites for hydroxylation is 1.